The van der Waals surface area contributed by atoms with Crippen LogP contribution in [0.25, 0.3) is 0 Å². The fourth-order valence-corrected chi connectivity index (χ4v) is 2.28. The van der Waals surface area contributed by atoms with Crippen molar-refractivity contribution in [3.05, 3.63) is 35.9 Å². The van der Waals surface area contributed by atoms with Crippen molar-refractivity contribution < 1.29 is 24.2 Å². The van der Waals surface area contributed by atoms with Crippen LogP contribution < -0.4 is 0 Å². The SMILES string of the molecule is COC(=O)CCN(C(=O)CCC(=O)c1ccccc1)C(C)(C)CO. The van der Waals surface area contributed by atoms with Gasteiger partial charge in [-0.15, -0.1) is 0 Å². The van der Waals surface area contributed by atoms with E-state index >= 15 is 0 Å². The second-order valence-corrected chi connectivity index (χ2v) is 6.13. The molecule has 6 heteroatoms. The predicted molar refractivity (Wildman–Crippen MR) is 89.5 cm³/mol. The Bertz CT molecular complexity index is 568. The van der Waals surface area contributed by atoms with E-state index in [0.29, 0.717) is 5.56 Å². The van der Waals surface area contributed by atoms with Crippen LogP contribution in [0.1, 0.15) is 43.5 Å². The molecule has 0 fully saturated rings. The zero-order valence-electron chi connectivity index (χ0n) is 14.4. The number of aliphatic hydroxyl groups is 1. The summed E-state index contributed by atoms with van der Waals surface area (Å²) in [5, 5.41) is 9.51. The van der Waals surface area contributed by atoms with Gasteiger partial charge in [0.25, 0.3) is 0 Å². The smallest absolute Gasteiger partial charge is 0.307 e. The number of nitrogens with zero attached hydrogens (tertiary/aromatic N) is 1. The molecule has 0 saturated heterocycles. The summed E-state index contributed by atoms with van der Waals surface area (Å²) in [4.78, 5) is 37.4. The van der Waals surface area contributed by atoms with Crippen LogP contribution in [0.5, 0.6) is 0 Å². The number of ketones is 1. The number of hydrogen-bond acceptors (Lipinski definition) is 5. The van der Waals surface area contributed by atoms with E-state index in [1.54, 1.807) is 38.1 Å². The van der Waals surface area contributed by atoms with Gasteiger partial charge in [0.2, 0.25) is 5.91 Å². The monoisotopic (exact) mass is 335 g/mol. The summed E-state index contributed by atoms with van der Waals surface area (Å²) >= 11 is 0. The lowest BCUT2D eigenvalue weighted by Crippen LogP contribution is -2.51. The second kappa shape index (κ2) is 9.17. The molecule has 0 aliphatic heterocycles. The highest BCUT2D eigenvalue weighted by Crippen LogP contribution is 2.17. The summed E-state index contributed by atoms with van der Waals surface area (Å²) in [6.45, 7) is 3.31. The van der Waals surface area contributed by atoms with E-state index in [1.807, 2.05) is 6.07 Å². The Hall–Kier alpha value is -2.21. The summed E-state index contributed by atoms with van der Waals surface area (Å²) in [5.41, 5.74) is -0.256. The minimum Gasteiger partial charge on any atom is -0.469 e. The lowest BCUT2D eigenvalue weighted by Gasteiger charge is -2.37. The highest BCUT2D eigenvalue weighted by atomic mass is 16.5. The number of benzene rings is 1. The maximum absolute atomic E-state index is 12.5. The fraction of sp³-hybridized carbons (Fsp3) is 0.500. The summed E-state index contributed by atoms with van der Waals surface area (Å²) in [5.74, 6) is -0.817. The Kier molecular flexibility index (Phi) is 7.58. The minimum absolute atomic E-state index is 0.0261. The van der Waals surface area contributed by atoms with Gasteiger partial charge in [-0.3, -0.25) is 14.4 Å². The zero-order chi connectivity index (χ0) is 18.2. The maximum atomic E-state index is 12.5. The van der Waals surface area contributed by atoms with Crippen molar-refractivity contribution >= 4 is 17.7 Å². The maximum Gasteiger partial charge on any atom is 0.307 e. The van der Waals surface area contributed by atoms with Crippen LogP contribution in [0.15, 0.2) is 30.3 Å². The van der Waals surface area contributed by atoms with Crippen LogP contribution in [-0.2, 0) is 14.3 Å². The fourth-order valence-electron chi connectivity index (χ4n) is 2.28. The Labute approximate surface area is 142 Å². The quantitative estimate of drug-likeness (QED) is 0.550. The van der Waals surface area contributed by atoms with Gasteiger partial charge in [-0.25, -0.2) is 0 Å². The molecule has 6 nitrogen and oxygen atoms in total. The molecule has 0 unspecified atom stereocenters. The Balaban J connectivity index is 2.70. The first-order valence-corrected chi connectivity index (χ1v) is 7.88. The number of amides is 1. The number of carbonyl (C=O) groups excluding carboxylic acids is 3. The van der Waals surface area contributed by atoms with E-state index in [-0.39, 0.29) is 44.1 Å². The molecule has 1 aromatic rings. The summed E-state index contributed by atoms with van der Waals surface area (Å²) < 4.78 is 4.59. The number of esters is 1. The largest absolute Gasteiger partial charge is 0.469 e. The Morgan fingerprint density at radius 1 is 1.08 bits per heavy atom. The molecule has 24 heavy (non-hydrogen) atoms. The van der Waals surface area contributed by atoms with Gasteiger partial charge in [0, 0.05) is 24.9 Å². The number of carbonyl (C=O) groups is 3. The molecule has 0 aliphatic carbocycles. The standard InChI is InChI=1S/C18H25NO5/c1-18(2,13-20)19(12-11-17(23)24-3)16(22)10-9-15(21)14-7-5-4-6-8-14/h4-8,20H,9-13H2,1-3H3. The molecule has 1 rings (SSSR count). The summed E-state index contributed by atoms with van der Waals surface area (Å²) in [6.07, 6.45) is 0.149. The van der Waals surface area contributed by atoms with Crippen LogP contribution in [0.4, 0.5) is 0 Å². The third kappa shape index (κ3) is 5.77. The van der Waals surface area contributed by atoms with Crippen LogP contribution in [0.2, 0.25) is 0 Å². The minimum atomic E-state index is -0.819. The van der Waals surface area contributed by atoms with E-state index in [4.69, 9.17) is 0 Å². The van der Waals surface area contributed by atoms with Gasteiger partial charge in [-0.1, -0.05) is 30.3 Å². The molecule has 132 valence electrons. The Morgan fingerprint density at radius 3 is 2.25 bits per heavy atom. The number of Topliss-reactive ketones (excluding diaryl/α,β-unsaturated/α-hetero) is 1. The first kappa shape index (κ1) is 19.8. The van der Waals surface area contributed by atoms with Crippen LogP contribution in [-0.4, -0.2) is 53.5 Å². The molecule has 1 N–H and O–H groups in total. The van der Waals surface area contributed by atoms with Crippen LogP contribution >= 0.6 is 0 Å². The van der Waals surface area contributed by atoms with Gasteiger partial charge in [-0.2, -0.15) is 0 Å². The molecule has 1 amide bonds. The van der Waals surface area contributed by atoms with Crippen molar-refractivity contribution in [3.8, 4) is 0 Å². The van der Waals surface area contributed by atoms with E-state index in [2.05, 4.69) is 4.74 Å². The average molecular weight is 335 g/mol. The van der Waals surface area contributed by atoms with Crippen molar-refractivity contribution in [2.75, 3.05) is 20.3 Å². The topological polar surface area (TPSA) is 83.9 Å². The third-order valence-electron chi connectivity index (χ3n) is 3.85. The van der Waals surface area contributed by atoms with Crippen molar-refractivity contribution in [2.24, 2.45) is 0 Å². The average Bonchev–Trinajstić information content (AvgIpc) is 2.60. The van der Waals surface area contributed by atoms with Gasteiger partial charge in [0.1, 0.15) is 0 Å². The van der Waals surface area contributed by atoms with Crippen molar-refractivity contribution in [1.82, 2.24) is 4.90 Å². The van der Waals surface area contributed by atoms with Gasteiger partial charge >= 0.3 is 5.97 Å². The third-order valence-corrected chi connectivity index (χ3v) is 3.85. The van der Waals surface area contributed by atoms with Crippen LogP contribution in [0, 0.1) is 0 Å². The van der Waals surface area contributed by atoms with Crippen molar-refractivity contribution in [3.63, 3.8) is 0 Å². The van der Waals surface area contributed by atoms with E-state index < -0.39 is 11.5 Å². The Morgan fingerprint density at radius 2 is 1.71 bits per heavy atom. The molecule has 0 heterocycles. The number of hydrogen-bond donors (Lipinski definition) is 1. The molecule has 1 aromatic carbocycles. The molecule has 0 spiro atoms. The predicted octanol–water partition coefficient (Wildman–Crippen LogP) is 1.81. The molecule has 0 radical (unpaired) electrons. The highest BCUT2D eigenvalue weighted by molar-refractivity contribution is 5.98. The summed E-state index contributed by atoms with van der Waals surface area (Å²) in [6, 6.07) is 8.78. The normalized spacial score (nSPS) is 11.0. The van der Waals surface area contributed by atoms with E-state index in [0.717, 1.165) is 0 Å². The number of ether oxygens (including phenoxy) is 1. The number of rotatable bonds is 9. The lowest BCUT2D eigenvalue weighted by atomic mass is 10.0. The van der Waals surface area contributed by atoms with Crippen molar-refractivity contribution in [1.29, 1.82) is 0 Å². The van der Waals surface area contributed by atoms with Gasteiger partial charge in [0.15, 0.2) is 5.78 Å². The number of methoxy groups -OCH3 is 1. The highest BCUT2D eigenvalue weighted by Gasteiger charge is 2.30. The van der Waals surface area contributed by atoms with Crippen LogP contribution in [0.3, 0.4) is 0 Å². The first-order chi connectivity index (χ1) is 11.3. The molecule has 0 aromatic heterocycles. The molecule has 0 saturated carbocycles. The van der Waals surface area contributed by atoms with Gasteiger partial charge < -0.3 is 14.7 Å². The second-order valence-electron chi connectivity index (χ2n) is 6.13. The van der Waals surface area contributed by atoms with Crippen molar-refractivity contribution in [2.45, 2.75) is 38.6 Å². The number of aliphatic hydroxyl groups excluding tert-OH is 1. The molecule has 0 aliphatic rings. The van der Waals surface area contributed by atoms with Gasteiger partial charge in [0.05, 0.1) is 25.7 Å². The molecular weight excluding hydrogens is 310 g/mol. The molecular formula is C18H25NO5. The lowest BCUT2D eigenvalue weighted by molar-refractivity contribution is -0.144. The molecule has 0 atom stereocenters. The zero-order valence-corrected chi connectivity index (χ0v) is 14.4. The molecule has 0 bridgehead atoms. The van der Waals surface area contributed by atoms with E-state index in [9.17, 15) is 19.5 Å². The summed E-state index contributed by atoms with van der Waals surface area (Å²) in [7, 11) is 1.28. The first-order valence-electron chi connectivity index (χ1n) is 7.88. The van der Waals surface area contributed by atoms with Gasteiger partial charge in [-0.05, 0) is 13.8 Å². The van der Waals surface area contributed by atoms with E-state index in [1.165, 1.54) is 12.0 Å².